The van der Waals surface area contributed by atoms with Crippen molar-refractivity contribution in [1.29, 1.82) is 0 Å². The Kier molecular flexibility index (Phi) is 7.51. The summed E-state index contributed by atoms with van der Waals surface area (Å²) in [4.78, 5) is 22.3. The van der Waals surface area contributed by atoms with Crippen LogP contribution in [0.2, 0.25) is 5.02 Å². The number of likely N-dealkylation sites (N-methyl/N-ethyl adjacent to an activating group) is 1. The number of ether oxygens (including phenoxy) is 2. The van der Waals surface area contributed by atoms with E-state index in [4.69, 9.17) is 16.3 Å². The van der Waals surface area contributed by atoms with Crippen LogP contribution in [0.3, 0.4) is 0 Å². The van der Waals surface area contributed by atoms with Crippen molar-refractivity contribution in [3.05, 3.63) is 64.9 Å². The average molecular weight is 523 g/mol. The summed E-state index contributed by atoms with van der Waals surface area (Å²) in [6.07, 6.45) is -1.08. The second kappa shape index (κ2) is 10.6. The van der Waals surface area contributed by atoms with Crippen molar-refractivity contribution in [2.75, 3.05) is 25.5 Å². The Morgan fingerprint density at radius 1 is 1.22 bits per heavy atom. The van der Waals surface area contributed by atoms with Crippen LogP contribution in [0.25, 0.3) is 11.1 Å². The van der Waals surface area contributed by atoms with Crippen LogP contribution in [-0.2, 0) is 6.54 Å². The number of halogens is 4. The van der Waals surface area contributed by atoms with E-state index in [9.17, 15) is 23.1 Å². The van der Waals surface area contributed by atoms with E-state index in [1.807, 2.05) is 7.05 Å². The maximum Gasteiger partial charge on any atom is 0.573 e. The fourth-order valence-electron chi connectivity index (χ4n) is 3.78. The Labute approximate surface area is 209 Å². The molecule has 1 aromatic heterocycles. The number of hydrogen-bond acceptors (Lipinski definition) is 7. The molecule has 0 bridgehead atoms. The number of carbonyl (C=O) groups is 1. The van der Waals surface area contributed by atoms with Crippen LogP contribution >= 0.6 is 11.6 Å². The topological polar surface area (TPSA) is 96.8 Å². The van der Waals surface area contributed by atoms with Gasteiger partial charge >= 0.3 is 12.3 Å². The molecule has 190 valence electrons. The molecule has 1 aliphatic heterocycles. The molecule has 2 aromatic carbocycles. The van der Waals surface area contributed by atoms with Gasteiger partial charge in [0, 0.05) is 37.6 Å². The number of nitrogens with zero attached hydrogens (tertiary/aromatic N) is 3. The van der Waals surface area contributed by atoms with Crippen molar-refractivity contribution < 1.29 is 32.5 Å². The minimum absolute atomic E-state index is 0.0248. The fraction of sp³-hybridized carbons (Fsp3) is 0.292. The molecule has 0 aliphatic carbocycles. The number of nitrogens with one attached hydrogen (secondary N) is 1. The largest absolute Gasteiger partial charge is 0.573 e. The van der Waals surface area contributed by atoms with Crippen molar-refractivity contribution in [2.45, 2.75) is 25.4 Å². The minimum atomic E-state index is -4.77. The SMILES string of the molecule is CN1CCC(Oc2cc(-c3cnc(NCc4cccc(OC(F)(F)F)c4)nc3)cc(C(=O)O)c2Cl)C1. The molecule has 4 rings (SSSR count). The molecule has 0 amide bonds. The Balaban J connectivity index is 1.49. The zero-order valence-electron chi connectivity index (χ0n) is 19.1. The predicted octanol–water partition coefficient (Wildman–Crippen LogP) is 5.09. The summed E-state index contributed by atoms with van der Waals surface area (Å²) in [7, 11) is 1.98. The number of rotatable bonds is 8. The summed E-state index contributed by atoms with van der Waals surface area (Å²) in [6, 6.07) is 8.64. The van der Waals surface area contributed by atoms with Crippen LogP contribution in [0.5, 0.6) is 11.5 Å². The summed E-state index contributed by atoms with van der Waals surface area (Å²) in [5, 5.41) is 12.6. The minimum Gasteiger partial charge on any atom is -0.487 e. The number of carboxylic acid groups (broad SMARTS) is 1. The van der Waals surface area contributed by atoms with Crippen LogP contribution in [0, 0.1) is 0 Å². The molecule has 8 nitrogen and oxygen atoms in total. The van der Waals surface area contributed by atoms with Gasteiger partial charge in [0.25, 0.3) is 0 Å². The molecule has 2 N–H and O–H groups in total. The molecular formula is C24H22ClF3N4O4. The summed E-state index contributed by atoms with van der Waals surface area (Å²) in [6.45, 7) is 1.74. The van der Waals surface area contributed by atoms with Gasteiger partial charge in [-0.05, 0) is 48.9 Å². The molecule has 1 aliphatic rings. The van der Waals surface area contributed by atoms with Gasteiger partial charge in [0.2, 0.25) is 5.95 Å². The first-order valence-corrected chi connectivity index (χ1v) is 11.3. The molecule has 1 atom stereocenters. The fourth-order valence-corrected chi connectivity index (χ4v) is 4.01. The Morgan fingerprint density at radius 3 is 2.61 bits per heavy atom. The van der Waals surface area contributed by atoms with Gasteiger partial charge in [-0.2, -0.15) is 0 Å². The van der Waals surface area contributed by atoms with Crippen molar-refractivity contribution in [1.82, 2.24) is 14.9 Å². The quantitative estimate of drug-likeness (QED) is 0.422. The van der Waals surface area contributed by atoms with E-state index < -0.39 is 12.3 Å². The van der Waals surface area contributed by atoms with E-state index in [-0.39, 0.29) is 40.7 Å². The summed E-state index contributed by atoms with van der Waals surface area (Å²) >= 11 is 6.32. The van der Waals surface area contributed by atoms with Gasteiger partial charge in [-0.3, -0.25) is 0 Å². The van der Waals surface area contributed by atoms with Crippen molar-refractivity contribution in [3.63, 3.8) is 0 Å². The predicted molar refractivity (Wildman–Crippen MR) is 126 cm³/mol. The maximum absolute atomic E-state index is 12.4. The summed E-state index contributed by atoms with van der Waals surface area (Å²) in [5.41, 5.74) is 1.49. The molecule has 1 fully saturated rings. The molecule has 1 saturated heterocycles. The zero-order chi connectivity index (χ0) is 25.9. The first kappa shape index (κ1) is 25.5. The van der Waals surface area contributed by atoms with Gasteiger partial charge in [0.15, 0.2) is 0 Å². The normalized spacial score (nSPS) is 16.1. The number of likely N-dealkylation sites (tertiary alicyclic amines) is 1. The molecule has 0 radical (unpaired) electrons. The number of carboxylic acids is 1. The number of alkyl halides is 3. The third-order valence-corrected chi connectivity index (χ3v) is 5.87. The maximum atomic E-state index is 12.4. The second-order valence-electron chi connectivity index (χ2n) is 8.28. The Bertz CT molecular complexity index is 1240. The van der Waals surface area contributed by atoms with E-state index in [2.05, 4.69) is 24.9 Å². The van der Waals surface area contributed by atoms with Gasteiger partial charge in [0.05, 0.1) is 10.6 Å². The lowest BCUT2D eigenvalue weighted by molar-refractivity contribution is -0.274. The third kappa shape index (κ3) is 6.55. The van der Waals surface area contributed by atoms with E-state index in [0.29, 0.717) is 23.2 Å². The molecule has 3 aromatic rings. The Morgan fingerprint density at radius 2 is 1.97 bits per heavy atom. The molecule has 0 saturated carbocycles. The van der Waals surface area contributed by atoms with E-state index >= 15 is 0 Å². The first-order chi connectivity index (χ1) is 17.1. The molecule has 2 heterocycles. The molecule has 0 spiro atoms. The van der Waals surface area contributed by atoms with E-state index in [1.54, 1.807) is 12.1 Å². The monoisotopic (exact) mass is 522 g/mol. The van der Waals surface area contributed by atoms with Crippen LogP contribution in [0.4, 0.5) is 19.1 Å². The summed E-state index contributed by atoms with van der Waals surface area (Å²) < 4.78 is 47.2. The van der Waals surface area contributed by atoms with Gasteiger partial charge in [-0.25, -0.2) is 14.8 Å². The van der Waals surface area contributed by atoms with Gasteiger partial charge in [-0.1, -0.05) is 23.7 Å². The van der Waals surface area contributed by atoms with Crippen molar-refractivity contribution in [2.24, 2.45) is 0 Å². The molecule has 1 unspecified atom stereocenters. The lowest BCUT2D eigenvalue weighted by Crippen LogP contribution is -2.21. The smallest absolute Gasteiger partial charge is 0.487 e. The number of aromatic nitrogens is 2. The molecule has 12 heteroatoms. The van der Waals surface area contributed by atoms with Crippen LogP contribution in [0.1, 0.15) is 22.3 Å². The molecular weight excluding hydrogens is 501 g/mol. The van der Waals surface area contributed by atoms with Gasteiger partial charge in [-0.15, -0.1) is 13.2 Å². The van der Waals surface area contributed by atoms with Gasteiger partial charge in [0.1, 0.15) is 17.6 Å². The van der Waals surface area contributed by atoms with E-state index in [1.165, 1.54) is 36.7 Å². The van der Waals surface area contributed by atoms with Gasteiger partial charge < -0.3 is 24.8 Å². The lowest BCUT2D eigenvalue weighted by atomic mass is 10.0. The average Bonchev–Trinajstić information content (AvgIpc) is 3.23. The highest BCUT2D eigenvalue weighted by Gasteiger charge is 2.31. The zero-order valence-corrected chi connectivity index (χ0v) is 19.8. The highest BCUT2D eigenvalue weighted by Crippen LogP contribution is 2.35. The summed E-state index contributed by atoms with van der Waals surface area (Å²) in [5.74, 6) is -1.00. The number of aromatic carboxylic acids is 1. The highest BCUT2D eigenvalue weighted by molar-refractivity contribution is 6.35. The lowest BCUT2D eigenvalue weighted by Gasteiger charge is -2.17. The van der Waals surface area contributed by atoms with Crippen LogP contribution < -0.4 is 14.8 Å². The standard InChI is InChI=1S/C24H22ClF3N4O4/c1-32-6-5-18(13-32)35-20-9-15(8-19(21(20)25)22(33)34)16-11-30-23(31-12-16)29-10-14-3-2-4-17(7-14)36-24(26,27)28/h2-4,7-9,11-12,18H,5-6,10,13H2,1H3,(H,33,34)(H,29,30,31). The highest BCUT2D eigenvalue weighted by atomic mass is 35.5. The number of anilines is 1. The number of hydrogen-bond donors (Lipinski definition) is 2. The Hall–Kier alpha value is -3.57. The molecule has 36 heavy (non-hydrogen) atoms. The second-order valence-corrected chi connectivity index (χ2v) is 8.65. The van der Waals surface area contributed by atoms with E-state index in [0.717, 1.165) is 13.0 Å². The third-order valence-electron chi connectivity index (χ3n) is 5.48. The van der Waals surface area contributed by atoms with Crippen molar-refractivity contribution in [3.8, 4) is 22.6 Å². The first-order valence-electron chi connectivity index (χ1n) is 10.9. The van der Waals surface area contributed by atoms with Crippen LogP contribution in [-0.4, -0.2) is 58.5 Å². The van der Waals surface area contributed by atoms with Crippen LogP contribution in [0.15, 0.2) is 48.8 Å². The number of benzene rings is 2. The van der Waals surface area contributed by atoms with Crippen molar-refractivity contribution >= 4 is 23.5 Å².